The van der Waals surface area contributed by atoms with Gasteiger partial charge in [-0.05, 0) is 25.3 Å². The highest BCUT2D eigenvalue weighted by molar-refractivity contribution is 7.15. The minimum Gasteiger partial charge on any atom is -0.387 e. The largest absolute Gasteiger partial charge is 0.387 e. The van der Waals surface area contributed by atoms with E-state index < -0.39 is 6.10 Å². The van der Waals surface area contributed by atoms with Gasteiger partial charge in [0.1, 0.15) is 0 Å². The highest BCUT2D eigenvalue weighted by atomic mass is 32.1. The second kappa shape index (κ2) is 7.60. The molecule has 3 rings (SSSR count). The Morgan fingerprint density at radius 1 is 1.58 bits per heavy atom. The molecule has 2 N–H and O–H groups in total. The van der Waals surface area contributed by atoms with Gasteiger partial charge in [0.15, 0.2) is 5.13 Å². The number of aliphatic hydroxyl groups is 1. The molecule has 1 fully saturated rings. The van der Waals surface area contributed by atoms with E-state index in [2.05, 4.69) is 10.3 Å². The molecular formula is C16H21N3O3S2. The fraction of sp³-hybridized carbons (Fsp3) is 0.500. The smallest absolute Gasteiger partial charge is 0.324 e. The number of carbonyl (C=O) groups is 1. The summed E-state index contributed by atoms with van der Waals surface area (Å²) < 4.78 is 5.51. The second-order valence-corrected chi connectivity index (χ2v) is 7.96. The lowest BCUT2D eigenvalue weighted by Gasteiger charge is -2.36. The Kier molecular flexibility index (Phi) is 5.50. The van der Waals surface area contributed by atoms with Gasteiger partial charge in [0.05, 0.1) is 31.1 Å². The molecule has 1 saturated heterocycles. The lowest BCUT2D eigenvalue weighted by atomic mass is 10.1. The van der Waals surface area contributed by atoms with Crippen molar-refractivity contribution in [2.24, 2.45) is 0 Å². The summed E-state index contributed by atoms with van der Waals surface area (Å²) >= 11 is 2.99. The van der Waals surface area contributed by atoms with E-state index in [1.165, 1.54) is 22.7 Å². The fourth-order valence-corrected chi connectivity index (χ4v) is 4.19. The molecule has 1 aliphatic heterocycles. The second-order valence-electron chi connectivity index (χ2n) is 5.78. The molecule has 0 saturated carbocycles. The molecule has 6 nitrogen and oxygen atoms in total. The summed E-state index contributed by atoms with van der Waals surface area (Å²) in [5.74, 6) is 0. The number of nitrogens with one attached hydrogen (secondary N) is 1. The molecule has 2 amide bonds. The summed E-state index contributed by atoms with van der Waals surface area (Å²) in [6, 6.07) is 3.48. The highest BCUT2D eigenvalue weighted by Gasteiger charge is 2.30. The van der Waals surface area contributed by atoms with Crippen LogP contribution < -0.4 is 5.32 Å². The van der Waals surface area contributed by atoms with Gasteiger partial charge in [-0.2, -0.15) is 0 Å². The number of rotatable bonds is 4. The van der Waals surface area contributed by atoms with Crippen LogP contribution in [0, 0.1) is 13.8 Å². The first kappa shape index (κ1) is 17.3. The van der Waals surface area contributed by atoms with Crippen molar-refractivity contribution in [2.75, 3.05) is 25.1 Å². The Hall–Kier alpha value is -1.48. The molecule has 1 aliphatic rings. The van der Waals surface area contributed by atoms with Crippen LogP contribution in [0.15, 0.2) is 17.5 Å². The van der Waals surface area contributed by atoms with E-state index in [0.717, 1.165) is 15.4 Å². The number of ether oxygens (including phenoxy) is 1. The Balaban J connectivity index is 1.66. The molecule has 0 bridgehead atoms. The van der Waals surface area contributed by atoms with Crippen LogP contribution in [-0.4, -0.2) is 46.8 Å². The molecule has 2 atom stereocenters. The normalized spacial score (nSPS) is 19.3. The number of morpholine rings is 1. The zero-order chi connectivity index (χ0) is 17.1. The van der Waals surface area contributed by atoms with E-state index >= 15 is 0 Å². The van der Waals surface area contributed by atoms with Gasteiger partial charge in [0.25, 0.3) is 0 Å². The third-order valence-electron chi connectivity index (χ3n) is 4.10. The van der Waals surface area contributed by atoms with Crippen molar-refractivity contribution in [3.8, 4) is 0 Å². The average Bonchev–Trinajstić information content (AvgIpc) is 3.18. The number of aryl methyl sites for hydroxylation is 2. The van der Waals surface area contributed by atoms with Crippen molar-refractivity contribution < 1.29 is 14.6 Å². The summed E-state index contributed by atoms with van der Waals surface area (Å²) in [4.78, 5) is 20.7. The summed E-state index contributed by atoms with van der Waals surface area (Å²) in [7, 11) is 0. The maximum Gasteiger partial charge on any atom is 0.324 e. The topological polar surface area (TPSA) is 74.7 Å². The van der Waals surface area contributed by atoms with Crippen molar-refractivity contribution in [3.63, 3.8) is 0 Å². The molecule has 2 aromatic heterocycles. The molecule has 130 valence electrons. The van der Waals surface area contributed by atoms with Crippen molar-refractivity contribution >= 4 is 33.8 Å². The number of hydrogen-bond donors (Lipinski definition) is 2. The van der Waals surface area contributed by atoms with Crippen LogP contribution in [0.25, 0.3) is 0 Å². The third-order valence-corrected chi connectivity index (χ3v) is 6.06. The fourth-order valence-electron chi connectivity index (χ4n) is 2.66. The average molecular weight is 367 g/mol. The van der Waals surface area contributed by atoms with Gasteiger partial charge < -0.3 is 14.7 Å². The lowest BCUT2D eigenvalue weighted by molar-refractivity contribution is -0.00382. The van der Waals surface area contributed by atoms with Crippen molar-refractivity contribution in [1.82, 2.24) is 9.88 Å². The zero-order valence-electron chi connectivity index (χ0n) is 13.7. The monoisotopic (exact) mass is 367 g/mol. The first-order chi connectivity index (χ1) is 11.5. The SMILES string of the molecule is Cc1nc(NC(=O)N2CCOCC2CC(O)c2cccs2)sc1C. The summed E-state index contributed by atoms with van der Waals surface area (Å²) in [5.41, 5.74) is 0.932. The standard InChI is InChI=1S/C16H21N3O3S2/c1-10-11(2)24-15(17-10)18-16(21)19-5-6-22-9-12(19)8-13(20)14-4-3-7-23-14/h3-4,7,12-13,20H,5-6,8-9H2,1-2H3,(H,17,18,21). The molecule has 0 aliphatic carbocycles. The van der Waals surface area contributed by atoms with Gasteiger partial charge in [0.2, 0.25) is 0 Å². The Morgan fingerprint density at radius 3 is 3.08 bits per heavy atom. The molecule has 3 heterocycles. The van der Waals surface area contributed by atoms with E-state index in [-0.39, 0.29) is 12.1 Å². The van der Waals surface area contributed by atoms with E-state index in [9.17, 15) is 9.90 Å². The van der Waals surface area contributed by atoms with Gasteiger partial charge in [-0.25, -0.2) is 9.78 Å². The number of aromatic nitrogens is 1. The lowest BCUT2D eigenvalue weighted by Crippen LogP contribution is -2.50. The zero-order valence-corrected chi connectivity index (χ0v) is 15.3. The molecule has 24 heavy (non-hydrogen) atoms. The third kappa shape index (κ3) is 3.94. The van der Waals surface area contributed by atoms with E-state index in [4.69, 9.17) is 4.74 Å². The predicted molar refractivity (Wildman–Crippen MR) is 95.8 cm³/mol. The van der Waals surface area contributed by atoms with E-state index in [1.54, 1.807) is 4.90 Å². The van der Waals surface area contributed by atoms with Crippen LogP contribution in [0.2, 0.25) is 0 Å². The maximum atomic E-state index is 12.6. The first-order valence-electron chi connectivity index (χ1n) is 7.85. The number of nitrogens with zero attached hydrogens (tertiary/aromatic N) is 2. The number of urea groups is 1. The van der Waals surface area contributed by atoms with Gasteiger partial charge in [-0.15, -0.1) is 22.7 Å². The minimum atomic E-state index is -0.587. The van der Waals surface area contributed by atoms with Gasteiger partial charge >= 0.3 is 6.03 Å². The van der Waals surface area contributed by atoms with Crippen LogP contribution in [0.4, 0.5) is 9.93 Å². The molecule has 0 spiro atoms. The van der Waals surface area contributed by atoms with E-state index in [1.807, 2.05) is 31.4 Å². The number of carbonyl (C=O) groups excluding carboxylic acids is 1. The molecular weight excluding hydrogens is 346 g/mol. The Bertz CT molecular complexity index is 667. The van der Waals surface area contributed by atoms with Crippen molar-refractivity contribution in [2.45, 2.75) is 32.4 Å². The van der Waals surface area contributed by atoms with Crippen LogP contribution in [0.5, 0.6) is 0 Å². The summed E-state index contributed by atoms with van der Waals surface area (Å²) in [6.45, 7) is 5.37. The number of anilines is 1. The van der Waals surface area contributed by atoms with Crippen LogP contribution in [0.3, 0.4) is 0 Å². The molecule has 0 aromatic carbocycles. The number of hydrogen-bond acceptors (Lipinski definition) is 6. The molecule has 2 aromatic rings. The number of thiazole rings is 1. The Labute approximate surface area is 149 Å². The Morgan fingerprint density at radius 2 is 2.42 bits per heavy atom. The highest BCUT2D eigenvalue weighted by Crippen LogP contribution is 2.27. The summed E-state index contributed by atoms with van der Waals surface area (Å²) in [6.07, 6.45) is -0.125. The van der Waals surface area contributed by atoms with Crippen LogP contribution >= 0.6 is 22.7 Å². The van der Waals surface area contributed by atoms with Crippen molar-refractivity contribution in [1.29, 1.82) is 0 Å². The number of thiophene rings is 1. The quantitative estimate of drug-likeness (QED) is 0.870. The minimum absolute atomic E-state index is 0.155. The first-order valence-corrected chi connectivity index (χ1v) is 9.55. The van der Waals surface area contributed by atoms with Gasteiger partial charge in [-0.1, -0.05) is 6.07 Å². The van der Waals surface area contributed by atoms with Crippen LogP contribution in [-0.2, 0) is 4.74 Å². The van der Waals surface area contributed by atoms with Crippen LogP contribution in [0.1, 0.15) is 28.0 Å². The van der Waals surface area contributed by atoms with Gasteiger partial charge in [-0.3, -0.25) is 5.32 Å². The predicted octanol–water partition coefficient (Wildman–Crippen LogP) is 3.18. The molecule has 0 radical (unpaired) electrons. The van der Waals surface area contributed by atoms with E-state index in [0.29, 0.717) is 31.3 Å². The molecule has 8 heteroatoms. The summed E-state index contributed by atoms with van der Waals surface area (Å²) in [5, 5.41) is 15.8. The van der Waals surface area contributed by atoms with Gasteiger partial charge in [0, 0.05) is 22.7 Å². The van der Waals surface area contributed by atoms with Crippen molar-refractivity contribution in [3.05, 3.63) is 33.0 Å². The maximum absolute atomic E-state index is 12.6. The number of aliphatic hydroxyl groups excluding tert-OH is 1. The number of amides is 2. The molecule has 2 unspecified atom stereocenters.